The first-order valence-corrected chi connectivity index (χ1v) is 7.06. The molecule has 1 N–H and O–H groups in total. The van der Waals surface area contributed by atoms with Gasteiger partial charge in [0.2, 0.25) is 5.91 Å². The minimum absolute atomic E-state index is 0.0390. The van der Waals surface area contributed by atoms with Crippen LogP contribution in [0.2, 0.25) is 0 Å². The maximum atomic E-state index is 11.9. The van der Waals surface area contributed by atoms with Gasteiger partial charge >= 0.3 is 0 Å². The van der Waals surface area contributed by atoms with Crippen LogP contribution in [-0.4, -0.2) is 40.8 Å². The summed E-state index contributed by atoms with van der Waals surface area (Å²) < 4.78 is 1.55. The molecule has 1 aromatic carbocycles. The van der Waals surface area contributed by atoms with Gasteiger partial charge in [-0.1, -0.05) is 18.2 Å². The van der Waals surface area contributed by atoms with Crippen molar-refractivity contribution < 1.29 is 4.79 Å². The lowest BCUT2D eigenvalue weighted by Crippen LogP contribution is -2.33. The number of aromatic nitrogens is 3. The highest BCUT2D eigenvalue weighted by molar-refractivity contribution is 5.79. The van der Waals surface area contributed by atoms with E-state index in [-0.39, 0.29) is 11.9 Å². The summed E-state index contributed by atoms with van der Waals surface area (Å²) in [5, 5.41) is 6.89. The highest BCUT2D eigenvalue weighted by atomic mass is 16.2. The van der Waals surface area contributed by atoms with E-state index in [1.807, 2.05) is 18.2 Å². The topological polar surface area (TPSA) is 63.1 Å². The number of rotatable bonds is 7. The van der Waals surface area contributed by atoms with Crippen molar-refractivity contribution in [2.75, 3.05) is 25.0 Å². The largest absolute Gasteiger partial charge is 0.375 e. The molecule has 2 aromatic rings. The molecule has 0 aliphatic heterocycles. The summed E-state index contributed by atoms with van der Waals surface area (Å²) in [4.78, 5) is 18.0. The molecule has 2 rings (SSSR count). The third kappa shape index (κ3) is 4.30. The van der Waals surface area contributed by atoms with Crippen LogP contribution in [0.3, 0.4) is 0 Å². The number of benzene rings is 1. The molecule has 0 spiro atoms. The number of carbonyl (C=O) groups is 1. The number of para-hydroxylation sites is 1. The Kier molecular flexibility index (Phi) is 5.31. The fourth-order valence-corrected chi connectivity index (χ4v) is 2.02. The monoisotopic (exact) mass is 287 g/mol. The minimum atomic E-state index is -0.334. The SMILES string of the molecule is CC(C(=O)NCCCN(C)c1ccccc1)n1cncn1. The number of amides is 1. The summed E-state index contributed by atoms with van der Waals surface area (Å²) in [5.74, 6) is -0.0390. The lowest BCUT2D eigenvalue weighted by molar-refractivity contribution is -0.124. The molecule has 21 heavy (non-hydrogen) atoms. The lowest BCUT2D eigenvalue weighted by atomic mass is 10.2. The van der Waals surface area contributed by atoms with E-state index in [4.69, 9.17) is 0 Å². The second-order valence-corrected chi connectivity index (χ2v) is 4.95. The molecule has 1 amide bonds. The fraction of sp³-hybridized carbons (Fsp3) is 0.400. The number of nitrogens with zero attached hydrogens (tertiary/aromatic N) is 4. The summed E-state index contributed by atoms with van der Waals surface area (Å²) >= 11 is 0. The number of anilines is 1. The number of nitrogens with one attached hydrogen (secondary N) is 1. The lowest BCUT2D eigenvalue weighted by Gasteiger charge is -2.19. The zero-order valence-corrected chi connectivity index (χ0v) is 12.4. The van der Waals surface area contributed by atoms with Crippen molar-refractivity contribution in [2.45, 2.75) is 19.4 Å². The van der Waals surface area contributed by atoms with Crippen LogP contribution in [0.25, 0.3) is 0 Å². The maximum absolute atomic E-state index is 11.9. The van der Waals surface area contributed by atoms with Crippen molar-refractivity contribution in [3.05, 3.63) is 43.0 Å². The van der Waals surface area contributed by atoms with E-state index in [2.05, 4.69) is 39.5 Å². The fourth-order valence-electron chi connectivity index (χ4n) is 2.02. The van der Waals surface area contributed by atoms with Gasteiger partial charge in [-0.05, 0) is 25.5 Å². The molecule has 1 heterocycles. The van der Waals surface area contributed by atoms with Crippen LogP contribution >= 0.6 is 0 Å². The second kappa shape index (κ2) is 7.42. The van der Waals surface area contributed by atoms with Crippen LogP contribution in [0.15, 0.2) is 43.0 Å². The highest BCUT2D eigenvalue weighted by Gasteiger charge is 2.14. The van der Waals surface area contributed by atoms with Gasteiger partial charge in [-0.15, -0.1) is 0 Å². The molecule has 0 saturated carbocycles. The van der Waals surface area contributed by atoms with Gasteiger partial charge < -0.3 is 10.2 Å². The summed E-state index contributed by atoms with van der Waals surface area (Å²) in [7, 11) is 2.05. The van der Waals surface area contributed by atoms with E-state index in [9.17, 15) is 4.79 Å². The third-order valence-corrected chi connectivity index (χ3v) is 3.38. The van der Waals surface area contributed by atoms with Crippen LogP contribution in [0, 0.1) is 0 Å². The number of hydrogen-bond donors (Lipinski definition) is 1. The Labute approximate surface area is 124 Å². The Morgan fingerprint density at radius 2 is 2.14 bits per heavy atom. The van der Waals surface area contributed by atoms with Crippen molar-refractivity contribution in [1.82, 2.24) is 20.1 Å². The van der Waals surface area contributed by atoms with Crippen LogP contribution in [0.5, 0.6) is 0 Å². The Bertz CT molecular complexity index is 540. The minimum Gasteiger partial charge on any atom is -0.375 e. The van der Waals surface area contributed by atoms with Gasteiger partial charge in [0.25, 0.3) is 0 Å². The van der Waals surface area contributed by atoms with Gasteiger partial charge in [-0.2, -0.15) is 5.10 Å². The molecule has 0 radical (unpaired) electrons. The van der Waals surface area contributed by atoms with Gasteiger partial charge in [0.05, 0.1) is 0 Å². The number of hydrogen-bond acceptors (Lipinski definition) is 4. The zero-order valence-electron chi connectivity index (χ0n) is 12.4. The highest BCUT2D eigenvalue weighted by Crippen LogP contribution is 2.10. The summed E-state index contributed by atoms with van der Waals surface area (Å²) in [6.45, 7) is 3.34. The standard InChI is InChI=1S/C15H21N5O/c1-13(20-12-16-11-18-20)15(21)17-9-6-10-19(2)14-7-4-3-5-8-14/h3-5,7-8,11-13H,6,9-10H2,1-2H3,(H,17,21). The van der Waals surface area contributed by atoms with Crippen LogP contribution < -0.4 is 10.2 Å². The first-order valence-electron chi connectivity index (χ1n) is 7.06. The van der Waals surface area contributed by atoms with Crippen molar-refractivity contribution in [2.24, 2.45) is 0 Å². The summed E-state index contributed by atoms with van der Waals surface area (Å²) in [6, 6.07) is 9.86. The predicted octanol–water partition coefficient (Wildman–Crippen LogP) is 1.48. The van der Waals surface area contributed by atoms with Gasteiger partial charge in [0.15, 0.2) is 0 Å². The van der Waals surface area contributed by atoms with E-state index < -0.39 is 0 Å². The van der Waals surface area contributed by atoms with Crippen molar-refractivity contribution in [1.29, 1.82) is 0 Å². The van der Waals surface area contributed by atoms with Crippen molar-refractivity contribution in [3.8, 4) is 0 Å². The summed E-state index contributed by atoms with van der Waals surface area (Å²) in [5.41, 5.74) is 1.18. The quantitative estimate of drug-likeness (QED) is 0.784. The van der Waals surface area contributed by atoms with Crippen LogP contribution in [0.4, 0.5) is 5.69 Å². The van der Waals surface area contributed by atoms with Gasteiger partial charge in [0, 0.05) is 25.8 Å². The molecule has 6 heteroatoms. The first-order chi connectivity index (χ1) is 10.2. The third-order valence-electron chi connectivity index (χ3n) is 3.38. The predicted molar refractivity (Wildman–Crippen MR) is 82.1 cm³/mol. The molecule has 1 atom stereocenters. The zero-order chi connectivity index (χ0) is 15.1. The maximum Gasteiger partial charge on any atom is 0.244 e. The average Bonchev–Trinajstić information content (AvgIpc) is 3.05. The Hall–Kier alpha value is -2.37. The molecule has 0 aliphatic rings. The van der Waals surface area contributed by atoms with Crippen molar-refractivity contribution in [3.63, 3.8) is 0 Å². The van der Waals surface area contributed by atoms with Crippen LogP contribution in [-0.2, 0) is 4.79 Å². The summed E-state index contributed by atoms with van der Waals surface area (Å²) in [6.07, 6.45) is 3.87. The molecular weight excluding hydrogens is 266 g/mol. The molecule has 0 aliphatic carbocycles. The Morgan fingerprint density at radius 3 is 2.81 bits per heavy atom. The van der Waals surface area contributed by atoms with Crippen LogP contribution in [0.1, 0.15) is 19.4 Å². The van der Waals surface area contributed by atoms with E-state index in [0.29, 0.717) is 6.54 Å². The van der Waals surface area contributed by atoms with Gasteiger partial charge in [0.1, 0.15) is 18.7 Å². The average molecular weight is 287 g/mol. The normalized spacial score (nSPS) is 11.9. The van der Waals surface area contributed by atoms with Crippen molar-refractivity contribution >= 4 is 11.6 Å². The Balaban J connectivity index is 1.69. The van der Waals surface area contributed by atoms with E-state index in [1.165, 1.54) is 12.0 Å². The molecule has 112 valence electrons. The molecule has 6 nitrogen and oxygen atoms in total. The Morgan fingerprint density at radius 1 is 1.38 bits per heavy atom. The molecule has 1 aromatic heterocycles. The molecule has 0 bridgehead atoms. The first kappa shape index (κ1) is 15.0. The van der Waals surface area contributed by atoms with E-state index >= 15 is 0 Å². The molecule has 0 fully saturated rings. The molecular formula is C15H21N5O. The van der Waals surface area contributed by atoms with E-state index in [1.54, 1.807) is 17.9 Å². The number of carbonyl (C=O) groups excluding carboxylic acids is 1. The second-order valence-electron chi connectivity index (χ2n) is 4.95. The molecule has 0 saturated heterocycles. The van der Waals surface area contributed by atoms with Gasteiger partial charge in [-0.3, -0.25) is 4.79 Å². The smallest absolute Gasteiger partial charge is 0.244 e. The van der Waals surface area contributed by atoms with E-state index in [0.717, 1.165) is 13.0 Å². The van der Waals surface area contributed by atoms with Gasteiger partial charge in [-0.25, -0.2) is 9.67 Å². The molecule has 1 unspecified atom stereocenters.